The molecular weight excluding hydrogens is 198 g/mol. The zero-order valence-corrected chi connectivity index (χ0v) is 7.83. The van der Waals surface area contributed by atoms with E-state index in [4.69, 9.17) is 5.26 Å². The third kappa shape index (κ3) is 6.20. The summed E-state index contributed by atoms with van der Waals surface area (Å²) in [6, 6.07) is 2.13. The van der Waals surface area contributed by atoms with E-state index < -0.39 is 0 Å². The molecule has 0 saturated carbocycles. The van der Waals surface area contributed by atoms with Gasteiger partial charge in [-0.3, -0.25) is 0 Å². The Hall–Kier alpha value is 0.320. The summed E-state index contributed by atoms with van der Waals surface area (Å²) in [5.41, 5.74) is 0. The standard InChI is InChI=1S/C6H10BrNS/c1-2-9-4-3-6(7)5-8/h6H,2-4H2,1H3. The first-order chi connectivity index (χ1) is 4.31. The molecule has 0 saturated heterocycles. The molecule has 1 nitrogen and oxygen atoms in total. The van der Waals surface area contributed by atoms with Crippen LogP contribution in [0.4, 0.5) is 0 Å². The molecule has 9 heavy (non-hydrogen) atoms. The second kappa shape index (κ2) is 6.44. The Morgan fingerprint density at radius 3 is 2.89 bits per heavy atom. The lowest BCUT2D eigenvalue weighted by Crippen LogP contribution is -1.94. The molecule has 3 heteroatoms. The van der Waals surface area contributed by atoms with Gasteiger partial charge in [0.2, 0.25) is 0 Å². The van der Waals surface area contributed by atoms with E-state index in [-0.39, 0.29) is 4.83 Å². The van der Waals surface area contributed by atoms with E-state index in [0.29, 0.717) is 0 Å². The molecule has 1 unspecified atom stereocenters. The minimum atomic E-state index is 0.0524. The van der Waals surface area contributed by atoms with Crippen LogP contribution >= 0.6 is 27.7 Å². The number of nitriles is 1. The van der Waals surface area contributed by atoms with Crippen LogP contribution in [-0.4, -0.2) is 16.3 Å². The fourth-order valence-electron chi connectivity index (χ4n) is 0.396. The molecule has 0 aromatic heterocycles. The molecule has 0 rings (SSSR count). The monoisotopic (exact) mass is 207 g/mol. The fourth-order valence-corrected chi connectivity index (χ4v) is 1.62. The number of rotatable bonds is 4. The molecule has 0 radical (unpaired) electrons. The Labute approximate surface area is 68.9 Å². The van der Waals surface area contributed by atoms with Crippen molar-refractivity contribution in [2.45, 2.75) is 18.2 Å². The first kappa shape index (κ1) is 9.32. The zero-order chi connectivity index (χ0) is 7.11. The molecule has 0 aromatic carbocycles. The van der Waals surface area contributed by atoms with Crippen molar-refractivity contribution in [3.05, 3.63) is 0 Å². The maximum Gasteiger partial charge on any atom is 0.102 e. The summed E-state index contributed by atoms with van der Waals surface area (Å²) in [7, 11) is 0. The SMILES string of the molecule is CCSCCC(Br)C#N. The van der Waals surface area contributed by atoms with Gasteiger partial charge in [-0.2, -0.15) is 17.0 Å². The highest BCUT2D eigenvalue weighted by molar-refractivity contribution is 9.09. The largest absolute Gasteiger partial charge is 0.197 e. The minimum absolute atomic E-state index is 0.0524. The summed E-state index contributed by atoms with van der Waals surface area (Å²) in [6.45, 7) is 2.13. The van der Waals surface area contributed by atoms with Gasteiger partial charge in [0.1, 0.15) is 4.83 Å². The molecule has 0 aliphatic heterocycles. The van der Waals surface area contributed by atoms with Crippen molar-refractivity contribution >= 4 is 27.7 Å². The first-order valence-corrected chi connectivity index (χ1v) is 4.99. The van der Waals surface area contributed by atoms with Crippen LogP contribution < -0.4 is 0 Å². The number of hydrogen-bond acceptors (Lipinski definition) is 2. The second-order valence-corrected chi connectivity index (χ2v) is 4.08. The zero-order valence-electron chi connectivity index (χ0n) is 5.43. The molecule has 0 heterocycles. The minimum Gasteiger partial charge on any atom is -0.197 e. The molecule has 52 valence electrons. The van der Waals surface area contributed by atoms with E-state index in [1.165, 1.54) is 0 Å². The molecule has 0 fully saturated rings. The predicted octanol–water partition coefficient (Wildman–Crippen LogP) is 2.42. The highest BCUT2D eigenvalue weighted by Crippen LogP contribution is 2.08. The van der Waals surface area contributed by atoms with E-state index in [9.17, 15) is 0 Å². The Bertz CT molecular complexity index is 99.7. The van der Waals surface area contributed by atoms with Crippen LogP contribution in [0.5, 0.6) is 0 Å². The lowest BCUT2D eigenvalue weighted by molar-refractivity contribution is 1.01. The van der Waals surface area contributed by atoms with Gasteiger partial charge < -0.3 is 0 Å². The molecule has 0 bridgehead atoms. The van der Waals surface area contributed by atoms with Gasteiger partial charge in [0.25, 0.3) is 0 Å². The smallest absolute Gasteiger partial charge is 0.102 e. The van der Waals surface area contributed by atoms with Gasteiger partial charge in [0, 0.05) is 0 Å². The number of halogens is 1. The van der Waals surface area contributed by atoms with Crippen molar-refractivity contribution in [2.24, 2.45) is 0 Å². The van der Waals surface area contributed by atoms with Crippen LogP contribution in [0.15, 0.2) is 0 Å². The van der Waals surface area contributed by atoms with Gasteiger partial charge >= 0.3 is 0 Å². The molecular formula is C6H10BrNS. The van der Waals surface area contributed by atoms with Gasteiger partial charge in [0.05, 0.1) is 6.07 Å². The molecule has 0 aliphatic carbocycles. The Kier molecular flexibility index (Phi) is 6.67. The van der Waals surface area contributed by atoms with Crippen molar-refractivity contribution < 1.29 is 0 Å². The fraction of sp³-hybridized carbons (Fsp3) is 0.833. The first-order valence-electron chi connectivity index (χ1n) is 2.92. The Morgan fingerprint density at radius 1 is 1.78 bits per heavy atom. The van der Waals surface area contributed by atoms with Crippen LogP contribution in [0.25, 0.3) is 0 Å². The van der Waals surface area contributed by atoms with Crippen molar-refractivity contribution in [3.8, 4) is 6.07 Å². The topological polar surface area (TPSA) is 23.8 Å². The third-order valence-electron chi connectivity index (χ3n) is 0.860. The maximum absolute atomic E-state index is 8.33. The lowest BCUT2D eigenvalue weighted by atomic mass is 10.4. The third-order valence-corrected chi connectivity index (χ3v) is 2.46. The molecule has 0 aromatic rings. The van der Waals surface area contributed by atoms with Gasteiger partial charge in [-0.1, -0.05) is 22.9 Å². The number of hydrogen-bond donors (Lipinski definition) is 0. The van der Waals surface area contributed by atoms with Gasteiger partial charge in [-0.05, 0) is 17.9 Å². The highest BCUT2D eigenvalue weighted by Gasteiger charge is 1.98. The van der Waals surface area contributed by atoms with E-state index in [1.807, 2.05) is 11.8 Å². The Morgan fingerprint density at radius 2 is 2.44 bits per heavy atom. The van der Waals surface area contributed by atoms with Crippen LogP contribution in [0.1, 0.15) is 13.3 Å². The number of nitrogens with zero attached hydrogens (tertiary/aromatic N) is 1. The van der Waals surface area contributed by atoms with Crippen LogP contribution in [-0.2, 0) is 0 Å². The summed E-state index contributed by atoms with van der Waals surface area (Å²) >= 11 is 5.10. The van der Waals surface area contributed by atoms with Crippen molar-refractivity contribution in [1.82, 2.24) is 0 Å². The summed E-state index contributed by atoms with van der Waals surface area (Å²) in [6.07, 6.45) is 0.953. The highest BCUT2D eigenvalue weighted by atomic mass is 79.9. The average Bonchev–Trinajstić information content (AvgIpc) is 1.89. The quantitative estimate of drug-likeness (QED) is 0.523. The van der Waals surface area contributed by atoms with Gasteiger partial charge in [-0.15, -0.1) is 0 Å². The van der Waals surface area contributed by atoms with Crippen molar-refractivity contribution in [1.29, 1.82) is 5.26 Å². The van der Waals surface area contributed by atoms with Crippen LogP contribution in [0, 0.1) is 11.3 Å². The van der Waals surface area contributed by atoms with E-state index in [0.717, 1.165) is 17.9 Å². The molecule has 0 amide bonds. The maximum atomic E-state index is 8.33. The summed E-state index contributed by atoms with van der Waals surface area (Å²) in [4.78, 5) is 0.0524. The second-order valence-electron chi connectivity index (χ2n) is 1.58. The van der Waals surface area contributed by atoms with E-state index >= 15 is 0 Å². The van der Waals surface area contributed by atoms with Crippen LogP contribution in [0.3, 0.4) is 0 Å². The lowest BCUT2D eigenvalue weighted by Gasteiger charge is -1.96. The van der Waals surface area contributed by atoms with Crippen molar-refractivity contribution in [3.63, 3.8) is 0 Å². The Balaban J connectivity index is 2.99. The number of thioether (sulfide) groups is 1. The molecule has 0 spiro atoms. The summed E-state index contributed by atoms with van der Waals surface area (Å²) < 4.78 is 0. The molecule has 0 aliphatic rings. The van der Waals surface area contributed by atoms with Crippen LogP contribution in [0.2, 0.25) is 0 Å². The van der Waals surface area contributed by atoms with E-state index in [2.05, 4.69) is 28.9 Å². The molecule has 1 atom stereocenters. The van der Waals surface area contributed by atoms with Gasteiger partial charge in [-0.25, -0.2) is 0 Å². The average molecular weight is 208 g/mol. The van der Waals surface area contributed by atoms with E-state index in [1.54, 1.807) is 0 Å². The summed E-state index contributed by atoms with van der Waals surface area (Å²) in [5, 5.41) is 8.33. The van der Waals surface area contributed by atoms with Crippen molar-refractivity contribution in [2.75, 3.05) is 11.5 Å². The normalized spacial score (nSPS) is 12.6. The summed E-state index contributed by atoms with van der Waals surface area (Å²) in [5.74, 6) is 2.23. The molecule has 0 N–H and O–H groups in total. The van der Waals surface area contributed by atoms with Gasteiger partial charge in [0.15, 0.2) is 0 Å². The predicted molar refractivity (Wildman–Crippen MR) is 45.9 cm³/mol. The number of alkyl halides is 1.